The van der Waals surface area contributed by atoms with Gasteiger partial charge in [-0.15, -0.1) is 0 Å². The van der Waals surface area contributed by atoms with E-state index in [1.807, 2.05) is 91.9 Å². The zero-order valence-corrected chi connectivity index (χ0v) is 43.1. The van der Waals surface area contributed by atoms with Crippen LogP contribution in [0.5, 0.6) is 23.0 Å². The minimum atomic E-state index is 0.518. The van der Waals surface area contributed by atoms with Gasteiger partial charge in [0.2, 0.25) is 0 Å². The minimum Gasteiger partial charge on any atom is -0.493 e. The zero-order chi connectivity index (χ0) is 50.3. The lowest BCUT2D eigenvalue weighted by atomic mass is 10.1. The van der Waals surface area contributed by atoms with Crippen molar-refractivity contribution in [3.05, 3.63) is 135 Å². The molecule has 372 valence electrons. The molecule has 0 fully saturated rings. The first-order valence-electron chi connectivity index (χ1n) is 26.2. The van der Waals surface area contributed by atoms with Gasteiger partial charge in [0.25, 0.3) is 0 Å². The molecule has 0 amide bonds. The summed E-state index contributed by atoms with van der Waals surface area (Å²) in [5, 5.41) is 18.6. The maximum atomic E-state index is 9.32. The summed E-state index contributed by atoms with van der Waals surface area (Å²) in [5.41, 5.74) is 6.79. The molecule has 0 aliphatic heterocycles. The molecule has 5 aromatic rings. The molecule has 4 aromatic carbocycles. The van der Waals surface area contributed by atoms with Gasteiger partial charge in [0.1, 0.15) is 28.8 Å². The lowest BCUT2D eigenvalue weighted by molar-refractivity contribution is 0.296. The second-order valence-corrected chi connectivity index (χ2v) is 17.9. The molecule has 0 aliphatic rings. The van der Waals surface area contributed by atoms with Crippen molar-refractivity contribution in [1.29, 1.82) is 10.5 Å². The molecule has 0 aliphatic carbocycles. The van der Waals surface area contributed by atoms with Crippen LogP contribution in [0.1, 0.15) is 192 Å². The molecule has 0 saturated heterocycles. The van der Waals surface area contributed by atoms with Gasteiger partial charge in [-0.25, -0.2) is 15.0 Å². The molecule has 9 heteroatoms. The number of hydrogen-bond acceptors (Lipinski definition) is 9. The quantitative estimate of drug-likeness (QED) is 0.0306. The van der Waals surface area contributed by atoms with E-state index in [2.05, 4.69) is 76.3 Å². The number of aryl methyl sites for hydroxylation is 1. The lowest BCUT2D eigenvalue weighted by Crippen LogP contribution is -2.03. The first kappa shape index (κ1) is 55.0. The van der Waals surface area contributed by atoms with Crippen LogP contribution in [0, 0.1) is 29.6 Å². The van der Waals surface area contributed by atoms with Gasteiger partial charge < -0.3 is 18.9 Å². The van der Waals surface area contributed by atoms with Crippen LogP contribution >= 0.6 is 0 Å². The summed E-state index contributed by atoms with van der Waals surface area (Å²) in [6.45, 7) is 13.1. The third-order valence-electron chi connectivity index (χ3n) is 11.9. The zero-order valence-electron chi connectivity index (χ0n) is 43.1. The van der Waals surface area contributed by atoms with Crippen LogP contribution in [-0.2, 0) is 0 Å². The van der Waals surface area contributed by atoms with Crippen LogP contribution in [0.2, 0.25) is 0 Å². The second kappa shape index (κ2) is 32.0. The first-order valence-corrected chi connectivity index (χ1v) is 26.2. The van der Waals surface area contributed by atoms with Gasteiger partial charge in [-0.05, 0) is 117 Å². The molecule has 0 saturated carbocycles. The summed E-state index contributed by atoms with van der Waals surface area (Å²) < 4.78 is 26.1. The normalized spacial score (nSPS) is 11.5. The summed E-state index contributed by atoms with van der Waals surface area (Å²) in [4.78, 5) is 14.4. The molecule has 1 aromatic heterocycles. The van der Waals surface area contributed by atoms with Crippen molar-refractivity contribution in [2.45, 2.75) is 137 Å². The third kappa shape index (κ3) is 19.7. The standard InChI is InChI=1S/C62H75N5O4/c1-6-10-14-18-38-68-57-44-55(59(70-40-20-16-12-8-3)42-53(57)32-30-49-22-26-51(46-63)27-23-49)34-36-61-65-48(5)66-62(67-61)37-35-56-45-58(69-39-19-15-11-7-2)54(43-60(56)71-41-21-17-13-9-4)33-31-50-24-28-52(47-64)29-25-50/h22-37,42-45H,6-21,38-41H2,1-5H3/b32-30+,33-31+,36-34+,37-35+. The van der Waals surface area contributed by atoms with Gasteiger partial charge in [0.05, 0.1) is 49.7 Å². The van der Waals surface area contributed by atoms with Crippen molar-refractivity contribution in [3.8, 4) is 35.1 Å². The highest BCUT2D eigenvalue weighted by molar-refractivity contribution is 5.80. The van der Waals surface area contributed by atoms with E-state index in [1.165, 1.54) is 25.7 Å². The smallest absolute Gasteiger partial charge is 0.156 e. The molecule has 5 rings (SSSR count). The van der Waals surface area contributed by atoms with Gasteiger partial charge in [0, 0.05) is 22.3 Å². The highest BCUT2D eigenvalue weighted by atomic mass is 16.5. The molecule has 0 N–H and O–H groups in total. The van der Waals surface area contributed by atoms with Crippen molar-refractivity contribution in [2.75, 3.05) is 26.4 Å². The Morgan fingerprint density at radius 2 is 0.676 bits per heavy atom. The Kier molecular flexibility index (Phi) is 24.8. The molecule has 71 heavy (non-hydrogen) atoms. The van der Waals surface area contributed by atoms with E-state index in [-0.39, 0.29) is 0 Å². The highest BCUT2D eigenvalue weighted by Gasteiger charge is 2.13. The maximum Gasteiger partial charge on any atom is 0.156 e. The molecular weight excluding hydrogens is 879 g/mol. The number of ether oxygens (including phenoxy) is 4. The fraction of sp³-hybridized carbons (Fsp3) is 0.403. The first-order chi connectivity index (χ1) is 34.9. The number of nitriles is 2. The fourth-order valence-electron chi connectivity index (χ4n) is 7.76. The second-order valence-electron chi connectivity index (χ2n) is 17.9. The van der Waals surface area contributed by atoms with Crippen LogP contribution in [0.25, 0.3) is 48.6 Å². The Balaban J connectivity index is 1.50. The number of rotatable bonds is 32. The van der Waals surface area contributed by atoms with Crippen LogP contribution in [-0.4, -0.2) is 41.4 Å². The SMILES string of the molecule is CCCCCCOc1cc(/C=C/c2nc(C)nc(/C=C/c3cc(OCCCCCC)c(/C=C/c4ccc(C#N)cc4)cc3OCCCCCC)n2)c(OCCCCCC)cc1/C=C/c1ccc(C#N)cc1. The van der Waals surface area contributed by atoms with E-state index in [1.54, 1.807) is 0 Å². The number of benzene rings is 4. The number of nitrogens with zero attached hydrogens (tertiary/aromatic N) is 5. The van der Waals surface area contributed by atoms with Crippen LogP contribution < -0.4 is 18.9 Å². The number of aromatic nitrogens is 3. The van der Waals surface area contributed by atoms with E-state index in [4.69, 9.17) is 33.9 Å². The summed E-state index contributed by atoms with van der Waals surface area (Å²) >= 11 is 0. The van der Waals surface area contributed by atoms with Gasteiger partial charge in [-0.1, -0.05) is 153 Å². The largest absolute Gasteiger partial charge is 0.493 e. The van der Waals surface area contributed by atoms with Crippen molar-refractivity contribution in [1.82, 2.24) is 15.0 Å². The van der Waals surface area contributed by atoms with Gasteiger partial charge >= 0.3 is 0 Å². The Hall–Kier alpha value is -6.97. The average molecular weight is 954 g/mol. The van der Waals surface area contributed by atoms with Gasteiger partial charge in [-0.3, -0.25) is 0 Å². The van der Waals surface area contributed by atoms with Crippen molar-refractivity contribution in [2.24, 2.45) is 0 Å². The molecule has 1 heterocycles. The van der Waals surface area contributed by atoms with Crippen molar-refractivity contribution < 1.29 is 18.9 Å². The molecule has 0 bridgehead atoms. The molecule has 9 nitrogen and oxygen atoms in total. The fourth-order valence-corrected chi connectivity index (χ4v) is 7.76. The highest BCUT2D eigenvalue weighted by Crippen LogP contribution is 2.34. The molecule has 0 radical (unpaired) electrons. The Labute approximate surface area is 425 Å². The van der Waals surface area contributed by atoms with E-state index in [0.717, 1.165) is 133 Å². The summed E-state index contributed by atoms with van der Waals surface area (Å²) in [7, 11) is 0. The van der Waals surface area contributed by atoms with Gasteiger partial charge in [0.15, 0.2) is 11.6 Å². The predicted molar refractivity (Wildman–Crippen MR) is 294 cm³/mol. The van der Waals surface area contributed by atoms with Crippen molar-refractivity contribution in [3.63, 3.8) is 0 Å². The number of hydrogen-bond donors (Lipinski definition) is 0. The molecule has 0 unspecified atom stereocenters. The Morgan fingerprint density at radius 1 is 0.380 bits per heavy atom. The lowest BCUT2D eigenvalue weighted by Gasteiger charge is -2.15. The third-order valence-corrected chi connectivity index (χ3v) is 11.9. The van der Waals surface area contributed by atoms with Crippen LogP contribution in [0.3, 0.4) is 0 Å². The summed E-state index contributed by atoms with van der Waals surface area (Å²) in [6, 6.07) is 27.7. The summed E-state index contributed by atoms with van der Waals surface area (Å²) in [6.07, 6.45) is 33.6. The van der Waals surface area contributed by atoms with Crippen molar-refractivity contribution >= 4 is 48.6 Å². The van der Waals surface area contributed by atoms with E-state index >= 15 is 0 Å². The monoisotopic (exact) mass is 954 g/mol. The van der Waals surface area contributed by atoms with Crippen LogP contribution in [0.15, 0.2) is 72.8 Å². The Bertz CT molecular complexity index is 2410. The van der Waals surface area contributed by atoms with E-state index < -0.39 is 0 Å². The average Bonchev–Trinajstić information content (AvgIpc) is 3.39. The van der Waals surface area contributed by atoms with E-state index in [9.17, 15) is 10.5 Å². The predicted octanol–water partition coefficient (Wildman–Crippen LogP) is 16.4. The molecule has 0 spiro atoms. The van der Waals surface area contributed by atoms with Gasteiger partial charge in [-0.2, -0.15) is 10.5 Å². The Morgan fingerprint density at radius 3 is 0.958 bits per heavy atom. The maximum absolute atomic E-state index is 9.32. The molecular formula is C62H75N5O4. The molecule has 0 atom stereocenters. The minimum absolute atomic E-state index is 0.518. The van der Waals surface area contributed by atoms with Crippen LogP contribution in [0.4, 0.5) is 0 Å². The van der Waals surface area contributed by atoms with E-state index in [0.29, 0.717) is 55.0 Å². The topological polar surface area (TPSA) is 123 Å². The number of unbranched alkanes of at least 4 members (excludes halogenated alkanes) is 12. The summed E-state index contributed by atoms with van der Waals surface area (Å²) in [5.74, 6) is 4.67.